The number of hydrogen-bond acceptors (Lipinski definition) is 3. The van der Waals surface area contributed by atoms with Gasteiger partial charge in [-0.3, -0.25) is 0 Å². The van der Waals surface area contributed by atoms with Crippen LogP contribution in [0.3, 0.4) is 0 Å². The van der Waals surface area contributed by atoms with Crippen LogP contribution in [0.4, 0.5) is 10.1 Å². The maximum absolute atomic E-state index is 14.2. The van der Waals surface area contributed by atoms with Gasteiger partial charge in [0.1, 0.15) is 5.82 Å². The number of rotatable bonds is 5. The van der Waals surface area contributed by atoms with Gasteiger partial charge in [-0.2, -0.15) is 0 Å². The lowest BCUT2D eigenvalue weighted by Gasteiger charge is -2.35. The van der Waals surface area contributed by atoms with Crippen molar-refractivity contribution in [1.29, 1.82) is 0 Å². The van der Waals surface area contributed by atoms with Crippen molar-refractivity contribution in [3.63, 3.8) is 0 Å². The van der Waals surface area contributed by atoms with Gasteiger partial charge in [0.15, 0.2) is 0 Å². The molecular formula is C16H25FN2O. The largest absolute Gasteiger partial charge is 0.380 e. The Labute approximate surface area is 120 Å². The molecule has 1 fully saturated rings. The van der Waals surface area contributed by atoms with E-state index in [2.05, 4.69) is 4.90 Å². The minimum Gasteiger partial charge on any atom is -0.380 e. The molecule has 0 aromatic heterocycles. The van der Waals surface area contributed by atoms with Gasteiger partial charge in [-0.25, -0.2) is 4.39 Å². The number of methoxy groups -OCH3 is 1. The summed E-state index contributed by atoms with van der Waals surface area (Å²) in [4.78, 5) is 2.23. The zero-order chi connectivity index (χ0) is 14.5. The second-order valence-electron chi connectivity index (χ2n) is 5.56. The molecule has 1 aromatic rings. The molecule has 2 unspecified atom stereocenters. The molecule has 0 saturated carbocycles. The summed E-state index contributed by atoms with van der Waals surface area (Å²) < 4.78 is 19.6. The van der Waals surface area contributed by atoms with Crippen LogP contribution in [0.1, 0.15) is 31.7 Å². The average molecular weight is 280 g/mol. The van der Waals surface area contributed by atoms with Crippen molar-refractivity contribution in [2.24, 2.45) is 5.73 Å². The lowest BCUT2D eigenvalue weighted by molar-refractivity contribution is 0.0893. The van der Waals surface area contributed by atoms with E-state index in [4.69, 9.17) is 10.5 Å². The molecule has 3 nitrogen and oxygen atoms in total. The zero-order valence-electron chi connectivity index (χ0n) is 12.4. The first-order valence-electron chi connectivity index (χ1n) is 7.46. The van der Waals surface area contributed by atoms with E-state index < -0.39 is 0 Å². The summed E-state index contributed by atoms with van der Waals surface area (Å²) in [7, 11) is 1.74. The molecule has 1 saturated heterocycles. The number of halogens is 1. The molecule has 1 aliphatic heterocycles. The predicted octanol–water partition coefficient (Wildman–Crippen LogP) is 2.72. The lowest BCUT2D eigenvalue weighted by Crippen LogP contribution is -2.40. The summed E-state index contributed by atoms with van der Waals surface area (Å²) in [5, 5.41) is 0. The quantitative estimate of drug-likeness (QED) is 0.901. The first-order chi connectivity index (χ1) is 9.65. The van der Waals surface area contributed by atoms with E-state index in [9.17, 15) is 4.39 Å². The van der Waals surface area contributed by atoms with Crippen molar-refractivity contribution in [3.05, 3.63) is 29.6 Å². The Hall–Kier alpha value is -1.13. The second kappa shape index (κ2) is 7.04. The van der Waals surface area contributed by atoms with E-state index in [0.717, 1.165) is 43.6 Å². The lowest BCUT2D eigenvalue weighted by atomic mass is 9.99. The van der Waals surface area contributed by atoms with Crippen LogP contribution in [-0.2, 0) is 11.2 Å². The van der Waals surface area contributed by atoms with Crippen molar-refractivity contribution in [2.75, 3.05) is 25.1 Å². The highest BCUT2D eigenvalue weighted by molar-refractivity contribution is 5.55. The smallest absolute Gasteiger partial charge is 0.128 e. The van der Waals surface area contributed by atoms with Gasteiger partial charge in [-0.1, -0.05) is 13.0 Å². The van der Waals surface area contributed by atoms with Gasteiger partial charge in [-0.15, -0.1) is 0 Å². The summed E-state index contributed by atoms with van der Waals surface area (Å²) in [6, 6.07) is 5.31. The minimum absolute atomic E-state index is 0.00802. The molecule has 0 bridgehead atoms. The monoisotopic (exact) mass is 280 g/mol. The number of piperidine rings is 1. The maximum atomic E-state index is 14.2. The minimum atomic E-state index is -0.147. The summed E-state index contributed by atoms with van der Waals surface area (Å²) in [5.74, 6) is -0.147. The Morgan fingerprint density at radius 1 is 1.50 bits per heavy atom. The number of nitrogens with zero attached hydrogens (tertiary/aromatic N) is 1. The van der Waals surface area contributed by atoms with Crippen LogP contribution in [0, 0.1) is 5.82 Å². The van der Waals surface area contributed by atoms with Crippen LogP contribution in [-0.4, -0.2) is 32.3 Å². The Morgan fingerprint density at radius 2 is 2.30 bits per heavy atom. The molecule has 2 atom stereocenters. The number of anilines is 1. The maximum Gasteiger partial charge on any atom is 0.128 e. The molecule has 2 rings (SSSR count). The second-order valence-corrected chi connectivity index (χ2v) is 5.56. The van der Waals surface area contributed by atoms with Crippen molar-refractivity contribution < 1.29 is 9.13 Å². The van der Waals surface area contributed by atoms with Gasteiger partial charge in [-0.05, 0) is 37.8 Å². The fourth-order valence-corrected chi connectivity index (χ4v) is 2.80. The highest BCUT2D eigenvalue weighted by atomic mass is 19.1. The molecule has 20 heavy (non-hydrogen) atoms. The summed E-state index contributed by atoms with van der Waals surface area (Å²) in [6.07, 6.45) is 3.83. The molecule has 0 aliphatic carbocycles. The molecule has 4 heteroatoms. The molecule has 112 valence electrons. The van der Waals surface area contributed by atoms with E-state index in [1.54, 1.807) is 13.2 Å². The van der Waals surface area contributed by atoms with E-state index in [1.165, 1.54) is 6.07 Å². The number of hydrogen-bond donors (Lipinski definition) is 1. The third-order valence-corrected chi connectivity index (χ3v) is 4.14. The van der Waals surface area contributed by atoms with Gasteiger partial charge in [0.25, 0.3) is 0 Å². The van der Waals surface area contributed by atoms with Gasteiger partial charge in [0.2, 0.25) is 0 Å². The molecule has 1 aliphatic rings. The standard InChI is InChI=1S/C16H25FN2O/c1-3-12(18)10-14-15(17)7-4-8-16(14)19-9-5-6-13(11-19)20-2/h4,7-8,12-13H,3,5-6,9-11,18H2,1-2H3. The Balaban J connectivity index is 2.23. The van der Waals surface area contributed by atoms with Crippen molar-refractivity contribution >= 4 is 5.69 Å². The summed E-state index contributed by atoms with van der Waals surface area (Å²) in [6.45, 7) is 3.82. The summed E-state index contributed by atoms with van der Waals surface area (Å²) in [5.41, 5.74) is 7.75. The fourth-order valence-electron chi connectivity index (χ4n) is 2.80. The van der Waals surface area contributed by atoms with Crippen LogP contribution in [0.5, 0.6) is 0 Å². The third-order valence-electron chi connectivity index (χ3n) is 4.14. The molecule has 0 radical (unpaired) electrons. The van der Waals surface area contributed by atoms with Gasteiger partial charge in [0, 0.05) is 37.5 Å². The highest BCUT2D eigenvalue weighted by Gasteiger charge is 2.23. The molecule has 1 heterocycles. The van der Waals surface area contributed by atoms with Crippen LogP contribution in [0.15, 0.2) is 18.2 Å². The van der Waals surface area contributed by atoms with E-state index in [0.29, 0.717) is 6.42 Å². The van der Waals surface area contributed by atoms with Gasteiger partial charge >= 0.3 is 0 Å². The Kier molecular flexibility index (Phi) is 5.38. The average Bonchev–Trinajstić information content (AvgIpc) is 2.49. The van der Waals surface area contributed by atoms with Gasteiger partial charge in [0.05, 0.1) is 6.10 Å². The molecular weight excluding hydrogens is 255 g/mol. The Morgan fingerprint density at radius 3 is 3.00 bits per heavy atom. The predicted molar refractivity (Wildman–Crippen MR) is 80.6 cm³/mol. The first-order valence-corrected chi connectivity index (χ1v) is 7.46. The van der Waals surface area contributed by atoms with Crippen LogP contribution in [0.25, 0.3) is 0 Å². The molecule has 0 spiro atoms. The van der Waals surface area contributed by atoms with E-state index >= 15 is 0 Å². The fraction of sp³-hybridized carbons (Fsp3) is 0.625. The number of nitrogens with two attached hydrogens (primary N) is 1. The van der Waals surface area contributed by atoms with Gasteiger partial charge < -0.3 is 15.4 Å². The normalized spacial score (nSPS) is 21.0. The zero-order valence-corrected chi connectivity index (χ0v) is 12.4. The van der Waals surface area contributed by atoms with E-state index in [-0.39, 0.29) is 18.0 Å². The molecule has 2 N–H and O–H groups in total. The number of ether oxygens (including phenoxy) is 1. The molecule has 1 aromatic carbocycles. The van der Waals surface area contributed by atoms with Crippen molar-refractivity contribution in [2.45, 2.75) is 44.8 Å². The third kappa shape index (κ3) is 3.49. The van der Waals surface area contributed by atoms with Crippen LogP contribution >= 0.6 is 0 Å². The van der Waals surface area contributed by atoms with E-state index in [1.807, 2.05) is 13.0 Å². The SMILES string of the molecule is CCC(N)Cc1c(F)cccc1N1CCCC(OC)C1. The first kappa shape index (κ1) is 15.3. The topological polar surface area (TPSA) is 38.5 Å². The highest BCUT2D eigenvalue weighted by Crippen LogP contribution is 2.28. The molecule has 0 amide bonds. The van der Waals surface area contributed by atoms with Crippen molar-refractivity contribution in [3.8, 4) is 0 Å². The van der Waals surface area contributed by atoms with Crippen LogP contribution in [0.2, 0.25) is 0 Å². The summed E-state index contributed by atoms with van der Waals surface area (Å²) >= 11 is 0. The van der Waals surface area contributed by atoms with Crippen LogP contribution < -0.4 is 10.6 Å². The number of benzene rings is 1. The Bertz CT molecular complexity index is 438. The van der Waals surface area contributed by atoms with Crippen molar-refractivity contribution in [1.82, 2.24) is 0 Å².